The molecule has 0 bridgehead atoms. The molecule has 0 atom stereocenters. The maximum absolute atomic E-state index is 5.92. The van der Waals surface area contributed by atoms with Crippen molar-refractivity contribution < 1.29 is 0 Å². The summed E-state index contributed by atoms with van der Waals surface area (Å²) in [7, 11) is 0. The Morgan fingerprint density at radius 1 is 1.18 bits per heavy atom. The fourth-order valence-electron chi connectivity index (χ4n) is 2.31. The van der Waals surface area contributed by atoms with E-state index in [2.05, 4.69) is 20.4 Å². The van der Waals surface area contributed by atoms with Gasteiger partial charge < -0.3 is 10.3 Å². The minimum absolute atomic E-state index is 0.641. The van der Waals surface area contributed by atoms with Crippen LogP contribution in [0, 0.1) is 20.8 Å². The maximum Gasteiger partial charge on any atom is 0.125 e. The molecule has 0 saturated heterocycles. The first-order valence-corrected chi connectivity index (χ1v) is 7.49. The van der Waals surface area contributed by atoms with Gasteiger partial charge in [-0.25, -0.2) is 9.67 Å². The third-order valence-corrected chi connectivity index (χ3v) is 3.96. The van der Waals surface area contributed by atoms with Crippen molar-refractivity contribution in [2.24, 2.45) is 0 Å². The Bertz CT molecular complexity index is 766. The second-order valence-corrected chi connectivity index (χ2v) is 5.72. The first kappa shape index (κ1) is 14.7. The smallest absolute Gasteiger partial charge is 0.125 e. The van der Waals surface area contributed by atoms with Crippen LogP contribution in [0.4, 0.5) is 5.69 Å². The lowest BCUT2D eigenvalue weighted by Crippen LogP contribution is -2.03. The maximum atomic E-state index is 5.92. The lowest BCUT2D eigenvalue weighted by molar-refractivity contribution is 0.847. The van der Waals surface area contributed by atoms with E-state index in [0.717, 1.165) is 39.3 Å². The zero-order chi connectivity index (χ0) is 15.7. The van der Waals surface area contributed by atoms with Crippen molar-refractivity contribution in [1.29, 1.82) is 0 Å². The van der Waals surface area contributed by atoms with E-state index in [9.17, 15) is 0 Å². The summed E-state index contributed by atoms with van der Waals surface area (Å²) in [5.41, 5.74) is 5.15. The Hall–Kier alpha value is -2.27. The summed E-state index contributed by atoms with van der Waals surface area (Å²) in [6.45, 7) is 6.69. The second-order valence-electron chi connectivity index (χ2n) is 5.28. The molecule has 0 radical (unpaired) electrons. The Morgan fingerprint density at radius 2 is 1.91 bits per heavy atom. The van der Waals surface area contributed by atoms with Gasteiger partial charge in [0.05, 0.1) is 35.5 Å². The Balaban J connectivity index is 1.77. The minimum atomic E-state index is 0.641. The minimum Gasteiger partial charge on any atom is -0.375 e. The number of aryl methyl sites for hydroxylation is 2. The van der Waals surface area contributed by atoms with E-state index in [4.69, 9.17) is 11.6 Å². The molecule has 2 aromatic heterocycles. The Labute approximate surface area is 134 Å². The summed E-state index contributed by atoms with van der Waals surface area (Å²) >= 11 is 5.92. The van der Waals surface area contributed by atoms with Gasteiger partial charge in [-0.05, 0) is 45.0 Å². The third kappa shape index (κ3) is 2.85. The highest BCUT2D eigenvalue weighted by atomic mass is 35.5. The number of nitrogens with zero attached hydrogens (tertiary/aromatic N) is 3. The van der Waals surface area contributed by atoms with Gasteiger partial charge in [0.25, 0.3) is 0 Å². The van der Waals surface area contributed by atoms with Crippen LogP contribution in [0.1, 0.15) is 22.9 Å². The van der Waals surface area contributed by atoms with E-state index in [1.165, 1.54) is 0 Å². The molecular weight excluding hydrogens is 298 g/mol. The van der Waals surface area contributed by atoms with Gasteiger partial charge in [-0.2, -0.15) is 5.10 Å². The normalized spacial score (nSPS) is 10.9. The molecule has 0 saturated carbocycles. The van der Waals surface area contributed by atoms with Gasteiger partial charge in [-0.15, -0.1) is 0 Å². The van der Waals surface area contributed by atoms with Crippen molar-refractivity contribution in [2.75, 3.05) is 5.32 Å². The highest BCUT2D eigenvalue weighted by Crippen LogP contribution is 2.20. The molecule has 2 heterocycles. The van der Waals surface area contributed by atoms with E-state index >= 15 is 0 Å². The summed E-state index contributed by atoms with van der Waals surface area (Å²) in [6.07, 6.45) is 1.83. The predicted molar refractivity (Wildman–Crippen MR) is 88.7 cm³/mol. The topological polar surface area (TPSA) is 58.5 Å². The van der Waals surface area contributed by atoms with Gasteiger partial charge in [-0.1, -0.05) is 11.6 Å². The van der Waals surface area contributed by atoms with Gasteiger partial charge in [-0.3, -0.25) is 0 Å². The van der Waals surface area contributed by atoms with E-state index in [-0.39, 0.29) is 0 Å². The molecule has 2 N–H and O–H groups in total. The first-order chi connectivity index (χ1) is 10.5. The molecule has 6 heteroatoms. The molecule has 0 aliphatic carbocycles. The van der Waals surface area contributed by atoms with Gasteiger partial charge >= 0.3 is 0 Å². The SMILES string of the molecule is Cc1nc(CNc2cnn(-c3ccc(Cl)cc3)c2C)[nH]c1C. The summed E-state index contributed by atoms with van der Waals surface area (Å²) in [6, 6.07) is 7.62. The Morgan fingerprint density at radius 3 is 2.55 bits per heavy atom. The number of aromatic amines is 1. The van der Waals surface area contributed by atoms with Crippen molar-refractivity contribution >= 4 is 17.3 Å². The van der Waals surface area contributed by atoms with E-state index in [1.54, 1.807) is 0 Å². The number of rotatable bonds is 4. The lowest BCUT2D eigenvalue weighted by Gasteiger charge is -2.06. The van der Waals surface area contributed by atoms with E-state index in [0.29, 0.717) is 6.54 Å². The molecule has 0 unspecified atom stereocenters. The molecule has 114 valence electrons. The van der Waals surface area contributed by atoms with Crippen LogP contribution in [-0.4, -0.2) is 19.7 Å². The molecule has 5 nitrogen and oxygen atoms in total. The summed E-state index contributed by atoms with van der Waals surface area (Å²) in [5.74, 6) is 0.925. The van der Waals surface area contributed by atoms with E-state index in [1.807, 2.05) is 55.9 Å². The molecule has 0 spiro atoms. The molecule has 0 aliphatic heterocycles. The molecular formula is C16H18ClN5. The van der Waals surface area contributed by atoms with Crippen LogP contribution >= 0.6 is 11.6 Å². The number of halogens is 1. The average Bonchev–Trinajstić information content (AvgIpc) is 3.01. The molecule has 22 heavy (non-hydrogen) atoms. The van der Waals surface area contributed by atoms with Gasteiger partial charge in [0, 0.05) is 10.7 Å². The standard InChI is InChI=1S/C16H18ClN5/c1-10-11(2)21-16(20-10)9-18-15-8-19-22(12(15)3)14-6-4-13(17)5-7-14/h4-8,18H,9H2,1-3H3,(H,20,21). The quantitative estimate of drug-likeness (QED) is 0.770. The number of nitrogens with one attached hydrogen (secondary N) is 2. The van der Waals surface area contributed by atoms with Crippen LogP contribution in [0.15, 0.2) is 30.5 Å². The van der Waals surface area contributed by atoms with Crippen molar-refractivity contribution in [3.63, 3.8) is 0 Å². The summed E-state index contributed by atoms with van der Waals surface area (Å²) in [5, 5.41) is 8.52. The van der Waals surface area contributed by atoms with Crippen LogP contribution < -0.4 is 5.32 Å². The molecule has 3 rings (SSSR count). The monoisotopic (exact) mass is 315 g/mol. The number of aromatic nitrogens is 4. The second kappa shape index (κ2) is 5.85. The molecule has 0 fully saturated rings. The molecule has 1 aromatic carbocycles. The van der Waals surface area contributed by atoms with Crippen LogP contribution in [-0.2, 0) is 6.54 Å². The molecule has 3 aromatic rings. The van der Waals surface area contributed by atoms with Crippen LogP contribution in [0.25, 0.3) is 5.69 Å². The number of benzene rings is 1. The highest BCUT2D eigenvalue weighted by molar-refractivity contribution is 6.30. The summed E-state index contributed by atoms with van der Waals surface area (Å²) in [4.78, 5) is 7.73. The average molecular weight is 316 g/mol. The number of hydrogen-bond donors (Lipinski definition) is 2. The van der Waals surface area contributed by atoms with Crippen molar-refractivity contribution in [3.8, 4) is 5.69 Å². The van der Waals surface area contributed by atoms with Crippen LogP contribution in [0.5, 0.6) is 0 Å². The molecule has 0 aliphatic rings. The Kier molecular flexibility index (Phi) is 3.90. The van der Waals surface area contributed by atoms with Crippen molar-refractivity contribution in [3.05, 3.63) is 58.4 Å². The van der Waals surface area contributed by atoms with Crippen LogP contribution in [0.3, 0.4) is 0 Å². The number of H-pyrrole nitrogens is 1. The first-order valence-electron chi connectivity index (χ1n) is 7.11. The summed E-state index contributed by atoms with van der Waals surface area (Å²) < 4.78 is 1.89. The fourth-order valence-corrected chi connectivity index (χ4v) is 2.44. The zero-order valence-electron chi connectivity index (χ0n) is 12.8. The third-order valence-electron chi connectivity index (χ3n) is 3.70. The zero-order valence-corrected chi connectivity index (χ0v) is 13.6. The largest absolute Gasteiger partial charge is 0.375 e. The molecule has 0 amide bonds. The number of hydrogen-bond acceptors (Lipinski definition) is 3. The van der Waals surface area contributed by atoms with Gasteiger partial charge in [0.1, 0.15) is 5.82 Å². The fraction of sp³-hybridized carbons (Fsp3) is 0.250. The highest BCUT2D eigenvalue weighted by Gasteiger charge is 2.09. The van der Waals surface area contributed by atoms with Crippen LogP contribution in [0.2, 0.25) is 5.02 Å². The van der Waals surface area contributed by atoms with Gasteiger partial charge in [0.15, 0.2) is 0 Å². The number of anilines is 1. The van der Waals surface area contributed by atoms with E-state index < -0.39 is 0 Å². The van der Waals surface area contributed by atoms with Crippen molar-refractivity contribution in [2.45, 2.75) is 27.3 Å². The lowest BCUT2D eigenvalue weighted by atomic mass is 10.3. The number of imidazole rings is 1. The predicted octanol–water partition coefficient (Wildman–Crippen LogP) is 3.79. The van der Waals surface area contributed by atoms with Crippen molar-refractivity contribution in [1.82, 2.24) is 19.7 Å². The van der Waals surface area contributed by atoms with Gasteiger partial charge in [0.2, 0.25) is 0 Å².